The Morgan fingerprint density at radius 1 is 1.14 bits per heavy atom. The number of carbonyl (C=O) groups is 6. The van der Waals surface area contributed by atoms with E-state index in [1.165, 1.54) is 19.2 Å². The van der Waals surface area contributed by atoms with Crippen molar-refractivity contribution in [2.75, 3.05) is 25.4 Å². The largest absolute Gasteiger partial charge is 0.504 e. The van der Waals surface area contributed by atoms with Gasteiger partial charge in [-0.1, -0.05) is 28.5 Å². The number of aromatic hydroxyl groups is 2. The van der Waals surface area contributed by atoms with E-state index >= 15 is 0 Å². The number of anilines is 1. The van der Waals surface area contributed by atoms with Gasteiger partial charge in [0, 0.05) is 17.5 Å². The molecule has 3 saturated heterocycles. The number of phenols is 2. The summed E-state index contributed by atoms with van der Waals surface area (Å²) in [4.78, 5) is 86.4. The minimum atomic E-state index is -2.05. The highest BCUT2D eigenvalue weighted by Crippen LogP contribution is 2.49. The molecule has 21 nitrogen and oxygen atoms in total. The monoisotopic (exact) mass is 754 g/mol. The fourth-order valence-corrected chi connectivity index (χ4v) is 7.39. The van der Waals surface area contributed by atoms with Gasteiger partial charge < -0.3 is 47.1 Å². The van der Waals surface area contributed by atoms with Crippen LogP contribution in [0.2, 0.25) is 5.02 Å². The number of phenolic OH excluding ortho intramolecular Hbond substituents is 2. The van der Waals surface area contributed by atoms with Gasteiger partial charge in [0.2, 0.25) is 16.4 Å². The molecule has 2 aromatic rings. The van der Waals surface area contributed by atoms with Gasteiger partial charge in [0.15, 0.2) is 28.1 Å². The van der Waals surface area contributed by atoms with E-state index in [4.69, 9.17) is 28.0 Å². The summed E-state index contributed by atoms with van der Waals surface area (Å²) in [7, 11) is 0. The number of amides is 5. The van der Waals surface area contributed by atoms with Crippen LogP contribution in [0, 0.1) is 0 Å². The quantitative estimate of drug-likeness (QED) is 0.0434. The van der Waals surface area contributed by atoms with Crippen molar-refractivity contribution in [3.05, 3.63) is 33.8 Å². The van der Waals surface area contributed by atoms with E-state index in [1.807, 2.05) is 0 Å². The van der Waals surface area contributed by atoms with Crippen LogP contribution in [0.25, 0.3) is 0 Å². The van der Waals surface area contributed by atoms with Crippen molar-refractivity contribution in [1.29, 1.82) is 0 Å². The van der Waals surface area contributed by atoms with Crippen LogP contribution in [0.3, 0.4) is 0 Å². The second kappa shape index (κ2) is 13.1. The Labute approximate surface area is 293 Å². The van der Waals surface area contributed by atoms with Crippen molar-refractivity contribution in [2.24, 2.45) is 16.1 Å². The van der Waals surface area contributed by atoms with Gasteiger partial charge in [-0.2, -0.15) is 5.10 Å². The van der Waals surface area contributed by atoms with Gasteiger partial charge in [0.25, 0.3) is 11.8 Å². The number of nitrogens with zero attached hydrogens (tertiary/aromatic N) is 6. The highest BCUT2D eigenvalue weighted by Gasteiger charge is 2.66. The summed E-state index contributed by atoms with van der Waals surface area (Å²) in [6, 6.07) is -0.0845. The van der Waals surface area contributed by atoms with Crippen LogP contribution in [0.15, 0.2) is 27.8 Å². The van der Waals surface area contributed by atoms with E-state index in [1.54, 1.807) is 0 Å². The zero-order valence-corrected chi connectivity index (χ0v) is 28.1. The summed E-state index contributed by atoms with van der Waals surface area (Å²) in [5.41, 5.74) is 4.79. The Balaban J connectivity index is 1.31. The van der Waals surface area contributed by atoms with Crippen LogP contribution in [-0.4, -0.2) is 129 Å². The molecule has 3 aliphatic rings. The highest BCUT2D eigenvalue weighted by atomic mass is 35.5. The molecule has 3 atom stereocenters. The summed E-state index contributed by atoms with van der Waals surface area (Å²) in [6.45, 7) is 1.46. The van der Waals surface area contributed by atoms with E-state index in [2.05, 4.69) is 26.0 Å². The van der Waals surface area contributed by atoms with Gasteiger partial charge in [0.05, 0.1) is 18.1 Å². The average Bonchev–Trinajstić information content (AvgIpc) is 3.76. The molecule has 266 valence electrons. The molecule has 0 unspecified atom stereocenters. The van der Waals surface area contributed by atoms with E-state index in [9.17, 15) is 49.2 Å². The number of carboxylic acid groups (broad SMARTS) is 2. The fourth-order valence-electron chi connectivity index (χ4n) is 4.96. The number of oxime groups is 1. The Morgan fingerprint density at radius 3 is 2.44 bits per heavy atom. The number of benzene rings is 1. The lowest BCUT2D eigenvalue weighted by Crippen LogP contribution is -2.68. The number of thiazole rings is 1. The molecule has 1 aromatic carbocycles. The minimum absolute atomic E-state index is 0.0528. The lowest BCUT2D eigenvalue weighted by Gasteiger charge is -2.41. The molecular formula is C26H27ClN10O11S2. The Bertz CT molecular complexity index is 1890. The van der Waals surface area contributed by atoms with Crippen molar-refractivity contribution in [3.63, 3.8) is 0 Å². The van der Waals surface area contributed by atoms with Crippen molar-refractivity contribution >= 4 is 86.9 Å². The number of urea groups is 1. The molecular weight excluding hydrogens is 728 g/mol. The second-order valence-corrected chi connectivity index (χ2v) is 13.9. The molecule has 0 bridgehead atoms. The SMILES string of the molecule is CC(C)(O/N=C(\C(=O)N[C@@H]1C(=O)N2C[C@@](C(=O)O)(N3CCN(NC(=O)/C(=N\N)c4ccc(O)c(O)c4Cl)C3=O)S[C@H]12)c1csc(N)n1)C(=O)O. The van der Waals surface area contributed by atoms with Crippen LogP contribution >= 0.6 is 34.7 Å². The molecule has 3 fully saturated rings. The predicted octanol–water partition coefficient (Wildman–Crippen LogP) is -1.31. The number of hydrogen-bond donors (Lipinski definition) is 8. The number of nitrogen functional groups attached to an aromatic ring is 1. The summed E-state index contributed by atoms with van der Waals surface area (Å²) >= 11 is 7.67. The molecule has 3 aliphatic heterocycles. The van der Waals surface area contributed by atoms with Crippen molar-refractivity contribution < 1.29 is 54.0 Å². The van der Waals surface area contributed by atoms with Crippen LogP contribution in [0.4, 0.5) is 9.93 Å². The number of carbonyl (C=O) groups excluding carboxylic acids is 4. The Hall–Kier alpha value is -5.55. The van der Waals surface area contributed by atoms with Crippen molar-refractivity contribution in [1.82, 2.24) is 30.5 Å². The lowest BCUT2D eigenvalue weighted by molar-refractivity contribution is -0.161. The summed E-state index contributed by atoms with van der Waals surface area (Å²) in [6.07, 6.45) is 0. The lowest BCUT2D eigenvalue weighted by atomic mass is 10.1. The third kappa shape index (κ3) is 6.09. The molecule has 24 heteroatoms. The molecule has 1 aromatic heterocycles. The van der Waals surface area contributed by atoms with E-state index in [-0.39, 0.29) is 29.5 Å². The first-order chi connectivity index (χ1) is 23.4. The number of thioether (sulfide) groups is 1. The average molecular weight is 755 g/mol. The van der Waals surface area contributed by atoms with E-state index < -0.39 is 92.1 Å². The Kier molecular flexibility index (Phi) is 9.33. The smallest absolute Gasteiger partial charge is 0.350 e. The van der Waals surface area contributed by atoms with Crippen LogP contribution in [0.5, 0.6) is 11.5 Å². The summed E-state index contributed by atoms with van der Waals surface area (Å²) < 4.78 is 0. The second-order valence-electron chi connectivity index (χ2n) is 11.2. The van der Waals surface area contributed by atoms with E-state index in [0.29, 0.717) is 11.8 Å². The number of fused-ring (bicyclic) bond motifs is 1. The van der Waals surface area contributed by atoms with Gasteiger partial charge in [0.1, 0.15) is 17.1 Å². The number of carboxylic acids is 2. The van der Waals surface area contributed by atoms with Crippen LogP contribution in [0.1, 0.15) is 25.1 Å². The maximum absolute atomic E-state index is 13.5. The molecule has 5 amide bonds. The number of nitrogens with one attached hydrogen (secondary N) is 2. The van der Waals surface area contributed by atoms with Crippen LogP contribution in [-0.2, 0) is 28.8 Å². The zero-order valence-electron chi connectivity index (χ0n) is 25.7. The molecule has 0 aliphatic carbocycles. The van der Waals surface area contributed by atoms with Gasteiger partial charge in [-0.05, 0) is 26.0 Å². The Morgan fingerprint density at radius 2 is 1.84 bits per heavy atom. The molecule has 10 N–H and O–H groups in total. The number of rotatable bonds is 11. The van der Waals surface area contributed by atoms with E-state index in [0.717, 1.165) is 38.3 Å². The maximum Gasteiger partial charge on any atom is 0.350 e. The fraction of sp³-hybridized carbons (Fsp3) is 0.346. The number of nitrogens with two attached hydrogens (primary N) is 2. The summed E-state index contributed by atoms with van der Waals surface area (Å²) in [5.74, 6) is -1.58. The molecule has 0 spiro atoms. The third-order valence-corrected chi connectivity index (χ3v) is 10.4. The van der Waals surface area contributed by atoms with Gasteiger partial charge >= 0.3 is 18.0 Å². The highest BCUT2D eigenvalue weighted by molar-refractivity contribution is 8.02. The van der Waals surface area contributed by atoms with Gasteiger partial charge in [-0.25, -0.2) is 24.4 Å². The van der Waals surface area contributed by atoms with Gasteiger partial charge in [-0.15, -0.1) is 11.3 Å². The first kappa shape index (κ1) is 35.7. The topological polar surface area (TPSA) is 316 Å². The predicted molar refractivity (Wildman–Crippen MR) is 174 cm³/mol. The van der Waals surface area contributed by atoms with Crippen LogP contribution < -0.4 is 22.3 Å². The molecule has 5 rings (SSSR count). The first-order valence-corrected chi connectivity index (χ1v) is 16.2. The number of hydrazine groups is 1. The van der Waals surface area contributed by atoms with Gasteiger partial charge in [-0.3, -0.25) is 24.7 Å². The number of halogens is 1. The zero-order chi connectivity index (χ0) is 36.9. The number of aliphatic carboxylic acids is 2. The molecule has 0 saturated carbocycles. The standard InChI is InChI=1S/C26H27ClN10O11S2/c1-25(2,21(43)44)48-34-14(10-7-49-23(28)30-10)17(40)31-15-19(42)35-8-26(22(45)46,50-20(15)35)36-5-6-37(24(36)47)33-18(41)13(32-29)9-3-4-11(38)16(39)12(9)27/h3-4,7,15,20,38-39H,5-6,8,29H2,1-2H3,(H2,28,30)(H,31,40)(H,33,41)(H,43,44)(H,45,46)/b32-13-,34-14-/t15-,20-,26-/m1/s1. The number of aromatic nitrogens is 1. The van der Waals surface area contributed by atoms with Crippen molar-refractivity contribution in [3.8, 4) is 11.5 Å². The first-order valence-electron chi connectivity index (χ1n) is 14.1. The number of hydrogen-bond acceptors (Lipinski definition) is 16. The summed E-state index contributed by atoms with van der Waals surface area (Å²) in [5, 5.41) is 49.6. The molecule has 4 heterocycles. The molecule has 50 heavy (non-hydrogen) atoms. The molecule has 0 radical (unpaired) electrons. The number of β-lactam (4-membered cyclic amide) rings is 1. The maximum atomic E-state index is 13.5. The third-order valence-electron chi connectivity index (χ3n) is 7.70. The normalized spacial score (nSPS) is 22.3. The number of hydrazone groups is 1. The minimum Gasteiger partial charge on any atom is -0.504 e. The van der Waals surface area contributed by atoms with Crippen molar-refractivity contribution in [2.45, 2.75) is 35.7 Å².